The maximum Gasteiger partial charge on any atom is 0.338 e. The highest BCUT2D eigenvalue weighted by molar-refractivity contribution is 8.16. The van der Waals surface area contributed by atoms with E-state index in [1.54, 1.807) is 13.0 Å². The molecule has 2 aromatic rings. The van der Waals surface area contributed by atoms with Gasteiger partial charge in [0, 0.05) is 22.8 Å². The zero-order valence-electron chi connectivity index (χ0n) is 19.4. The van der Waals surface area contributed by atoms with Gasteiger partial charge in [-0.2, -0.15) is 0 Å². The maximum atomic E-state index is 13.4. The summed E-state index contributed by atoms with van der Waals surface area (Å²) in [6.45, 7) is 2.74. The van der Waals surface area contributed by atoms with E-state index in [-0.39, 0.29) is 18.9 Å². The number of amidine groups is 1. The molecule has 2 aliphatic heterocycles. The SMILES string of the molecule is CCOC(=O)C1=C(c2ccccc2)N=C2SC=C(CC(=O)NCC3CC3)N2C1c1cccc(Cl)c1. The van der Waals surface area contributed by atoms with Crippen molar-refractivity contribution >= 4 is 46.1 Å². The third-order valence-electron chi connectivity index (χ3n) is 6.14. The molecule has 0 spiro atoms. The van der Waals surface area contributed by atoms with E-state index in [0.717, 1.165) is 16.8 Å². The largest absolute Gasteiger partial charge is 0.463 e. The molecule has 180 valence electrons. The van der Waals surface area contributed by atoms with E-state index >= 15 is 0 Å². The van der Waals surface area contributed by atoms with Crippen LogP contribution in [0.5, 0.6) is 0 Å². The zero-order chi connectivity index (χ0) is 24.4. The lowest BCUT2D eigenvalue weighted by atomic mass is 9.91. The summed E-state index contributed by atoms with van der Waals surface area (Å²) in [4.78, 5) is 33.1. The first kappa shape index (κ1) is 23.7. The number of carbonyl (C=O) groups is 2. The van der Waals surface area contributed by atoms with Crippen LogP contribution < -0.4 is 5.32 Å². The molecular formula is C27H26ClN3O3S. The van der Waals surface area contributed by atoms with Crippen LogP contribution in [-0.4, -0.2) is 35.1 Å². The number of esters is 1. The number of hydrogen-bond donors (Lipinski definition) is 1. The topological polar surface area (TPSA) is 71.0 Å². The Bertz CT molecular complexity index is 1240. The number of fused-ring (bicyclic) bond motifs is 1. The van der Waals surface area contributed by atoms with Crippen LogP contribution in [0.2, 0.25) is 5.02 Å². The van der Waals surface area contributed by atoms with Gasteiger partial charge in [-0.25, -0.2) is 9.79 Å². The van der Waals surface area contributed by atoms with Crippen molar-refractivity contribution in [3.05, 3.63) is 87.4 Å². The Kier molecular flexibility index (Phi) is 6.97. The van der Waals surface area contributed by atoms with Gasteiger partial charge in [0.2, 0.25) is 5.91 Å². The van der Waals surface area contributed by atoms with Crippen LogP contribution in [0.1, 0.15) is 43.4 Å². The molecule has 1 atom stereocenters. The van der Waals surface area contributed by atoms with Gasteiger partial charge in [-0.1, -0.05) is 65.8 Å². The number of nitrogens with zero attached hydrogens (tertiary/aromatic N) is 2. The summed E-state index contributed by atoms with van der Waals surface area (Å²) in [5.41, 5.74) is 3.44. The Morgan fingerprint density at radius 1 is 1.17 bits per heavy atom. The Balaban J connectivity index is 1.59. The second-order valence-corrected chi connectivity index (χ2v) is 9.99. The van der Waals surface area contributed by atoms with E-state index in [2.05, 4.69) is 5.32 Å². The lowest BCUT2D eigenvalue weighted by Crippen LogP contribution is -2.38. The Morgan fingerprint density at radius 3 is 2.69 bits per heavy atom. The molecular weight excluding hydrogens is 482 g/mol. The molecule has 1 amide bonds. The molecule has 2 heterocycles. The Hall–Kier alpha value is -3.03. The number of aliphatic imine (C=N–C) groups is 1. The second-order valence-electron chi connectivity index (χ2n) is 8.72. The third kappa shape index (κ3) is 5.16. The van der Waals surface area contributed by atoms with Crippen LogP contribution in [0.4, 0.5) is 0 Å². The highest BCUT2D eigenvalue weighted by atomic mass is 35.5. The number of amides is 1. The van der Waals surface area contributed by atoms with Crippen LogP contribution in [0.3, 0.4) is 0 Å². The van der Waals surface area contributed by atoms with E-state index in [4.69, 9.17) is 21.3 Å². The highest BCUT2D eigenvalue weighted by Gasteiger charge is 2.42. The monoisotopic (exact) mass is 507 g/mol. The first-order valence-electron chi connectivity index (χ1n) is 11.8. The molecule has 6 nitrogen and oxygen atoms in total. The summed E-state index contributed by atoms with van der Waals surface area (Å²) in [5, 5.41) is 6.27. The van der Waals surface area contributed by atoms with Gasteiger partial charge in [-0.05, 0) is 48.8 Å². The minimum Gasteiger partial charge on any atom is -0.463 e. The van der Waals surface area contributed by atoms with Crippen LogP contribution in [0.25, 0.3) is 5.70 Å². The highest BCUT2D eigenvalue weighted by Crippen LogP contribution is 2.47. The average Bonchev–Trinajstić information content (AvgIpc) is 3.62. The molecule has 0 radical (unpaired) electrons. The zero-order valence-corrected chi connectivity index (χ0v) is 20.9. The second kappa shape index (κ2) is 10.3. The summed E-state index contributed by atoms with van der Waals surface area (Å²) in [7, 11) is 0. The van der Waals surface area contributed by atoms with E-state index in [0.29, 0.717) is 33.9 Å². The number of thioether (sulfide) groups is 1. The number of hydrogen-bond acceptors (Lipinski definition) is 6. The van der Waals surface area contributed by atoms with Gasteiger partial charge in [0.15, 0.2) is 5.17 Å². The fraction of sp³-hybridized carbons (Fsp3) is 0.296. The third-order valence-corrected chi connectivity index (χ3v) is 7.27. The molecule has 0 saturated heterocycles. The van der Waals surface area contributed by atoms with Crippen molar-refractivity contribution in [1.82, 2.24) is 10.2 Å². The number of benzene rings is 2. The minimum atomic E-state index is -0.534. The van der Waals surface area contributed by atoms with Crippen molar-refractivity contribution in [3.63, 3.8) is 0 Å². The van der Waals surface area contributed by atoms with Crippen molar-refractivity contribution in [2.75, 3.05) is 13.2 Å². The van der Waals surface area contributed by atoms with Gasteiger partial charge >= 0.3 is 5.97 Å². The molecule has 0 bridgehead atoms. The van der Waals surface area contributed by atoms with Gasteiger partial charge in [0.1, 0.15) is 0 Å². The van der Waals surface area contributed by atoms with Gasteiger partial charge in [0.05, 0.1) is 30.3 Å². The molecule has 0 aromatic heterocycles. The molecule has 1 N–H and O–H groups in total. The molecule has 5 rings (SSSR count). The van der Waals surface area contributed by atoms with E-state index in [1.165, 1.54) is 24.6 Å². The van der Waals surface area contributed by atoms with Crippen LogP contribution in [0.15, 0.2) is 76.3 Å². The predicted octanol–water partition coefficient (Wildman–Crippen LogP) is 5.53. The van der Waals surface area contributed by atoms with E-state index in [1.807, 2.05) is 58.8 Å². The molecule has 1 saturated carbocycles. The van der Waals surface area contributed by atoms with Gasteiger partial charge in [-0.15, -0.1) is 0 Å². The number of carbonyl (C=O) groups excluding carboxylic acids is 2. The lowest BCUT2D eigenvalue weighted by molar-refractivity contribution is -0.139. The first-order valence-corrected chi connectivity index (χ1v) is 13.0. The van der Waals surface area contributed by atoms with Crippen LogP contribution in [0, 0.1) is 5.92 Å². The smallest absolute Gasteiger partial charge is 0.338 e. The van der Waals surface area contributed by atoms with E-state index in [9.17, 15) is 9.59 Å². The van der Waals surface area contributed by atoms with Crippen molar-refractivity contribution in [2.45, 2.75) is 32.2 Å². The number of halogens is 1. The molecule has 2 aromatic carbocycles. The Labute approximate surface area is 214 Å². The summed E-state index contributed by atoms with van der Waals surface area (Å²) in [6.07, 6.45) is 2.55. The quantitative estimate of drug-likeness (QED) is 0.475. The normalized spacial score (nSPS) is 19.1. The summed E-state index contributed by atoms with van der Waals surface area (Å²) < 4.78 is 5.52. The fourth-order valence-electron chi connectivity index (χ4n) is 4.29. The number of ether oxygens (including phenoxy) is 1. The Morgan fingerprint density at radius 2 is 1.97 bits per heavy atom. The minimum absolute atomic E-state index is 0.0367. The lowest BCUT2D eigenvalue weighted by Gasteiger charge is -2.36. The molecule has 1 fully saturated rings. The van der Waals surface area contributed by atoms with Gasteiger partial charge in [0.25, 0.3) is 0 Å². The summed E-state index contributed by atoms with van der Waals surface area (Å²) in [5.74, 6) is 0.128. The maximum absolute atomic E-state index is 13.4. The standard InChI is InChI=1S/C27H26ClN3O3S/c1-2-34-26(33)23-24(18-7-4-3-5-8-18)30-27-31(25(23)19-9-6-10-20(28)13-19)21(16-35-27)14-22(32)29-15-17-11-12-17/h3-10,13,16-17,25H,2,11-12,14-15H2,1H3,(H,29,32). The number of nitrogens with one attached hydrogen (secondary N) is 1. The number of rotatable bonds is 8. The molecule has 1 unspecified atom stereocenters. The first-order chi connectivity index (χ1) is 17.0. The van der Waals surface area contributed by atoms with Gasteiger partial charge in [-0.3, -0.25) is 4.79 Å². The molecule has 35 heavy (non-hydrogen) atoms. The molecule has 1 aliphatic carbocycles. The summed E-state index contributed by atoms with van der Waals surface area (Å²) in [6, 6.07) is 16.6. The fourth-order valence-corrected chi connectivity index (χ4v) is 5.41. The van der Waals surface area contributed by atoms with Crippen molar-refractivity contribution < 1.29 is 14.3 Å². The predicted molar refractivity (Wildman–Crippen MR) is 139 cm³/mol. The summed E-state index contributed by atoms with van der Waals surface area (Å²) >= 11 is 7.84. The van der Waals surface area contributed by atoms with Gasteiger partial charge < -0.3 is 15.0 Å². The van der Waals surface area contributed by atoms with Crippen molar-refractivity contribution in [3.8, 4) is 0 Å². The van der Waals surface area contributed by atoms with E-state index < -0.39 is 12.0 Å². The van der Waals surface area contributed by atoms with Crippen LogP contribution in [-0.2, 0) is 14.3 Å². The van der Waals surface area contributed by atoms with Crippen LogP contribution >= 0.6 is 23.4 Å². The average molecular weight is 508 g/mol. The molecule has 8 heteroatoms. The molecule has 3 aliphatic rings. The van der Waals surface area contributed by atoms with Crippen molar-refractivity contribution in [2.24, 2.45) is 10.9 Å². The van der Waals surface area contributed by atoms with Crippen molar-refractivity contribution in [1.29, 1.82) is 0 Å².